The number of aryl methyl sites for hydroxylation is 1. The highest BCUT2D eigenvalue weighted by molar-refractivity contribution is 7.89. The van der Waals surface area contributed by atoms with Gasteiger partial charge in [0.15, 0.2) is 5.69 Å². The van der Waals surface area contributed by atoms with Crippen molar-refractivity contribution in [2.24, 2.45) is 0 Å². The quantitative estimate of drug-likeness (QED) is 0.921. The van der Waals surface area contributed by atoms with Crippen molar-refractivity contribution in [1.29, 1.82) is 0 Å². The van der Waals surface area contributed by atoms with E-state index in [0.29, 0.717) is 11.3 Å². The third-order valence-electron chi connectivity index (χ3n) is 2.38. The minimum atomic E-state index is -3.89. The zero-order valence-corrected chi connectivity index (χ0v) is 11.3. The first-order chi connectivity index (χ1) is 9.35. The normalized spacial score (nSPS) is 11.3. The number of sulfonamides is 1. The molecule has 0 fully saturated rings. The van der Waals surface area contributed by atoms with Crippen LogP contribution < -0.4 is 4.72 Å². The number of carbonyl (C=O) groups excluding carboxylic acids is 1. The molecule has 1 N–H and O–H groups in total. The van der Waals surface area contributed by atoms with Crippen molar-refractivity contribution in [3.8, 4) is 0 Å². The van der Waals surface area contributed by atoms with Crippen LogP contribution in [-0.4, -0.2) is 19.5 Å². The first kappa shape index (κ1) is 14.2. The molecule has 0 aliphatic rings. The lowest BCUT2D eigenvalue weighted by molar-refractivity contribution is 0.0972. The number of nitrogens with zero attached hydrogens (tertiary/aromatic N) is 1. The van der Waals surface area contributed by atoms with Gasteiger partial charge in [-0.3, -0.25) is 4.79 Å². The summed E-state index contributed by atoms with van der Waals surface area (Å²) in [4.78, 5) is 11.6. The Balaban J connectivity index is 2.07. The van der Waals surface area contributed by atoms with Crippen molar-refractivity contribution < 1.29 is 22.1 Å². The van der Waals surface area contributed by atoms with Crippen molar-refractivity contribution in [2.45, 2.75) is 12.7 Å². The van der Waals surface area contributed by atoms with Gasteiger partial charge in [-0.05, 0) is 24.6 Å². The number of carbonyl (C=O) groups is 1. The fourth-order valence-electron chi connectivity index (χ4n) is 1.50. The van der Waals surface area contributed by atoms with Crippen molar-refractivity contribution >= 4 is 15.9 Å². The summed E-state index contributed by atoms with van der Waals surface area (Å²) >= 11 is 0. The number of aromatic nitrogens is 1. The minimum absolute atomic E-state index is 0.120. The summed E-state index contributed by atoms with van der Waals surface area (Å²) in [5.74, 6) is -1.38. The van der Waals surface area contributed by atoms with Gasteiger partial charge in [-0.25, -0.2) is 17.5 Å². The Labute approximate surface area is 114 Å². The fourth-order valence-corrected chi connectivity index (χ4v) is 2.59. The molecule has 106 valence electrons. The minimum Gasteiger partial charge on any atom is -0.361 e. The molecule has 1 heterocycles. The van der Waals surface area contributed by atoms with Gasteiger partial charge in [-0.2, -0.15) is 0 Å². The van der Waals surface area contributed by atoms with E-state index in [1.165, 1.54) is 18.2 Å². The van der Waals surface area contributed by atoms with Crippen LogP contribution in [-0.2, 0) is 15.8 Å². The summed E-state index contributed by atoms with van der Waals surface area (Å²) in [5.41, 5.74) is 0.244. The molecule has 0 saturated carbocycles. The van der Waals surface area contributed by atoms with E-state index >= 15 is 0 Å². The molecule has 20 heavy (non-hydrogen) atoms. The topological polar surface area (TPSA) is 89.3 Å². The zero-order chi connectivity index (χ0) is 14.8. The maximum atomic E-state index is 12.7. The molecule has 1 amide bonds. The molecule has 0 atom stereocenters. The van der Waals surface area contributed by atoms with E-state index in [1.807, 2.05) is 4.72 Å². The highest BCUT2D eigenvalue weighted by atomic mass is 32.2. The van der Waals surface area contributed by atoms with Crippen LogP contribution in [0.2, 0.25) is 0 Å². The average molecular weight is 298 g/mol. The Morgan fingerprint density at radius 2 is 2.00 bits per heavy atom. The van der Waals surface area contributed by atoms with Crippen LogP contribution in [0.1, 0.15) is 21.8 Å². The Bertz CT molecular complexity index is 722. The average Bonchev–Trinajstić information content (AvgIpc) is 2.78. The van der Waals surface area contributed by atoms with E-state index in [9.17, 15) is 17.6 Å². The lowest BCUT2D eigenvalue weighted by Crippen LogP contribution is -2.31. The Hall–Kier alpha value is -2.22. The van der Waals surface area contributed by atoms with Crippen LogP contribution >= 0.6 is 0 Å². The van der Waals surface area contributed by atoms with E-state index in [-0.39, 0.29) is 5.69 Å². The third-order valence-corrected chi connectivity index (χ3v) is 3.59. The fraction of sp³-hybridized carbons (Fsp3) is 0.167. The second-order valence-corrected chi connectivity index (χ2v) is 5.86. The van der Waals surface area contributed by atoms with Crippen LogP contribution in [0, 0.1) is 12.7 Å². The number of hydrogen-bond donors (Lipinski definition) is 1. The molecular formula is C12H11FN2O4S. The molecule has 0 bridgehead atoms. The molecule has 0 spiro atoms. The highest BCUT2D eigenvalue weighted by Gasteiger charge is 2.19. The molecule has 6 nitrogen and oxygen atoms in total. The molecule has 0 radical (unpaired) electrons. The number of rotatable bonds is 4. The van der Waals surface area contributed by atoms with Crippen LogP contribution in [0.3, 0.4) is 0 Å². The van der Waals surface area contributed by atoms with Gasteiger partial charge >= 0.3 is 0 Å². The first-order valence-electron chi connectivity index (χ1n) is 5.58. The Morgan fingerprint density at radius 1 is 1.35 bits per heavy atom. The van der Waals surface area contributed by atoms with E-state index in [0.717, 1.165) is 12.1 Å². The summed E-state index contributed by atoms with van der Waals surface area (Å²) < 4.78 is 42.8. The summed E-state index contributed by atoms with van der Waals surface area (Å²) in [6.07, 6.45) is 0. The van der Waals surface area contributed by atoms with Gasteiger partial charge in [0.05, 0.1) is 5.75 Å². The largest absolute Gasteiger partial charge is 0.361 e. The van der Waals surface area contributed by atoms with Crippen LogP contribution in [0.25, 0.3) is 0 Å². The molecule has 0 aliphatic heterocycles. The Morgan fingerprint density at radius 3 is 2.55 bits per heavy atom. The second-order valence-electron chi connectivity index (χ2n) is 4.14. The maximum absolute atomic E-state index is 12.7. The lowest BCUT2D eigenvalue weighted by Gasteiger charge is -2.05. The summed E-state index contributed by atoms with van der Waals surface area (Å²) in [6.45, 7) is 1.58. The van der Waals surface area contributed by atoms with Crippen LogP contribution in [0.5, 0.6) is 0 Å². The predicted octanol–water partition coefficient (Wildman–Crippen LogP) is 1.38. The lowest BCUT2D eigenvalue weighted by atomic mass is 10.2. The van der Waals surface area contributed by atoms with Gasteiger partial charge in [-0.1, -0.05) is 17.3 Å². The van der Waals surface area contributed by atoms with E-state index in [4.69, 9.17) is 0 Å². The van der Waals surface area contributed by atoms with Crippen LogP contribution in [0.15, 0.2) is 34.9 Å². The molecule has 8 heteroatoms. The van der Waals surface area contributed by atoms with E-state index in [2.05, 4.69) is 9.68 Å². The van der Waals surface area contributed by atoms with Gasteiger partial charge in [0.1, 0.15) is 11.6 Å². The van der Waals surface area contributed by atoms with Gasteiger partial charge in [0.2, 0.25) is 10.0 Å². The van der Waals surface area contributed by atoms with Crippen LogP contribution in [0.4, 0.5) is 4.39 Å². The molecule has 2 rings (SSSR count). The van der Waals surface area contributed by atoms with Gasteiger partial charge < -0.3 is 4.52 Å². The molecule has 1 aromatic carbocycles. The smallest absolute Gasteiger partial charge is 0.286 e. The number of halogens is 1. The molecular weight excluding hydrogens is 287 g/mol. The highest BCUT2D eigenvalue weighted by Crippen LogP contribution is 2.08. The molecule has 0 unspecified atom stereocenters. The summed E-state index contributed by atoms with van der Waals surface area (Å²) in [7, 11) is -3.89. The summed E-state index contributed by atoms with van der Waals surface area (Å²) in [5, 5.41) is 3.42. The third kappa shape index (κ3) is 3.64. The second kappa shape index (κ2) is 5.41. The van der Waals surface area contributed by atoms with Gasteiger partial charge in [0, 0.05) is 6.07 Å². The van der Waals surface area contributed by atoms with Crippen molar-refractivity contribution in [2.75, 3.05) is 0 Å². The predicted molar refractivity (Wildman–Crippen MR) is 67.7 cm³/mol. The van der Waals surface area contributed by atoms with E-state index < -0.39 is 27.5 Å². The van der Waals surface area contributed by atoms with E-state index in [1.54, 1.807) is 6.92 Å². The Kier molecular flexibility index (Phi) is 3.84. The number of hydrogen-bond acceptors (Lipinski definition) is 5. The molecule has 1 aromatic heterocycles. The van der Waals surface area contributed by atoms with Gasteiger partial charge in [0.25, 0.3) is 5.91 Å². The number of benzene rings is 1. The monoisotopic (exact) mass is 298 g/mol. The van der Waals surface area contributed by atoms with Crippen molar-refractivity contribution in [3.05, 3.63) is 53.2 Å². The zero-order valence-electron chi connectivity index (χ0n) is 10.5. The number of amides is 1. The molecule has 2 aromatic rings. The number of nitrogens with one attached hydrogen (secondary N) is 1. The standard InChI is InChI=1S/C12H11FN2O4S/c1-8-6-11(14-19-8)12(16)15-20(17,18)7-9-2-4-10(13)5-3-9/h2-6H,7H2,1H3,(H,15,16). The first-order valence-corrected chi connectivity index (χ1v) is 7.23. The summed E-state index contributed by atoms with van der Waals surface area (Å²) in [6, 6.07) is 6.28. The maximum Gasteiger partial charge on any atom is 0.286 e. The molecule has 0 aliphatic carbocycles. The van der Waals surface area contributed by atoms with Crippen molar-refractivity contribution in [3.63, 3.8) is 0 Å². The SMILES string of the molecule is Cc1cc(C(=O)NS(=O)(=O)Cc2ccc(F)cc2)no1. The molecule has 0 saturated heterocycles. The van der Waals surface area contributed by atoms with Gasteiger partial charge in [-0.15, -0.1) is 0 Å². The van der Waals surface area contributed by atoms with Crippen molar-refractivity contribution in [1.82, 2.24) is 9.88 Å².